The Morgan fingerprint density at radius 3 is 2.88 bits per heavy atom. The van der Waals surface area contributed by atoms with Crippen molar-refractivity contribution >= 4 is 33.3 Å². The summed E-state index contributed by atoms with van der Waals surface area (Å²) in [6.45, 7) is 0.808. The fraction of sp³-hybridized carbons (Fsp3) is 0.417. The lowest BCUT2D eigenvalue weighted by Gasteiger charge is -2.22. The van der Waals surface area contributed by atoms with E-state index in [-0.39, 0.29) is 22.4 Å². The number of piperidine rings is 1. The topological polar surface area (TPSA) is 29.1 Å². The number of hydrogen-bond acceptors (Lipinski definition) is 2. The van der Waals surface area contributed by atoms with Crippen LogP contribution < -0.4 is 5.32 Å². The summed E-state index contributed by atoms with van der Waals surface area (Å²) in [4.78, 5) is 12.1. The van der Waals surface area contributed by atoms with Crippen LogP contribution in [0.1, 0.15) is 29.6 Å². The average molecular weight is 321 g/mol. The molecule has 0 spiro atoms. The maximum absolute atomic E-state index is 13.9. The van der Waals surface area contributed by atoms with Gasteiger partial charge >= 0.3 is 0 Å². The Kier molecular flexibility index (Phi) is 4.17. The second kappa shape index (κ2) is 5.46. The molecule has 1 aromatic rings. The summed E-state index contributed by atoms with van der Waals surface area (Å²) < 4.78 is 14.3. The van der Waals surface area contributed by atoms with Gasteiger partial charge in [0.15, 0.2) is 11.6 Å². The number of ketones is 1. The third kappa shape index (κ3) is 2.69. The van der Waals surface area contributed by atoms with Crippen molar-refractivity contribution in [2.45, 2.75) is 25.3 Å². The summed E-state index contributed by atoms with van der Waals surface area (Å²) in [5.41, 5.74) is 0.0672. The lowest BCUT2D eigenvalue weighted by atomic mass is 9.96. The van der Waals surface area contributed by atoms with Crippen molar-refractivity contribution in [2.24, 2.45) is 0 Å². The lowest BCUT2D eigenvalue weighted by Crippen LogP contribution is -2.40. The van der Waals surface area contributed by atoms with Gasteiger partial charge in [-0.25, -0.2) is 4.39 Å². The second-order valence-electron chi connectivity index (χ2n) is 4.09. The number of benzene rings is 1. The van der Waals surface area contributed by atoms with Gasteiger partial charge < -0.3 is 5.32 Å². The first-order valence-corrected chi connectivity index (χ1v) is 6.69. The lowest BCUT2D eigenvalue weighted by molar-refractivity contribution is 0.0923. The summed E-state index contributed by atoms with van der Waals surface area (Å²) in [7, 11) is 0. The summed E-state index contributed by atoms with van der Waals surface area (Å²) >= 11 is 8.90. The van der Waals surface area contributed by atoms with E-state index in [1.807, 2.05) is 0 Å². The zero-order valence-corrected chi connectivity index (χ0v) is 11.4. The number of carbonyl (C=O) groups is 1. The van der Waals surface area contributed by atoms with Crippen LogP contribution >= 0.6 is 27.5 Å². The fourth-order valence-electron chi connectivity index (χ4n) is 1.98. The molecule has 1 aliphatic rings. The van der Waals surface area contributed by atoms with Crippen molar-refractivity contribution in [2.75, 3.05) is 6.54 Å². The molecule has 92 valence electrons. The van der Waals surface area contributed by atoms with E-state index < -0.39 is 5.82 Å². The molecule has 5 heteroatoms. The van der Waals surface area contributed by atoms with Gasteiger partial charge in [-0.15, -0.1) is 0 Å². The molecule has 1 aromatic carbocycles. The Morgan fingerprint density at radius 2 is 2.24 bits per heavy atom. The van der Waals surface area contributed by atoms with Crippen molar-refractivity contribution in [1.29, 1.82) is 0 Å². The van der Waals surface area contributed by atoms with Gasteiger partial charge in [-0.05, 0) is 47.4 Å². The Balaban J connectivity index is 2.27. The minimum Gasteiger partial charge on any atom is -0.307 e. The molecule has 0 radical (unpaired) electrons. The number of Topliss-reactive ketones (excluding diaryl/α,β-unsaturated/α-hetero) is 1. The molecule has 0 aromatic heterocycles. The number of halogens is 3. The Morgan fingerprint density at radius 1 is 1.47 bits per heavy atom. The van der Waals surface area contributed by atoms with Gasteiger partial charge in [0.1, 0.15) is 0 Å². The van der Waals surface area contributed by atoms with Gasteiger partial charge in [0.25, 0.3) is 0 Å². The van der Waals surface area contributed by atoms with Crippen LogP contribution in [0.5, 0.6) is 0 Å². The van der Waals surface area contributed by atoms with Crippen molar-refractivity contribution in [3.05, 3.63) is 33.0 Å². The van der Waals surface area contributed by atoms with Gasteiger partial charge in [0.05, 0.1) is 16.6 Å². The Labute approximate surface area is 113 Å². The largest absolute Gasteiger partial charge is 0.307 e. The first-order chi connectivity index (χ1) is 8.11. The predicted octanol–water partition coefficient (Wildman–Crippen LogP) is 3.57. The summed E-state index contributed by atoms with van der Waals surface area (Å²) in [6.07, 6.45) is 2.81. The van der Waals surface area contributed by atoms with Crippen LogP contribution in [0.2, 0.25) is 5.02 Å². The standard InChI is InChI=1S/C12H12BrClFNO/c13-8-5-4-7(11(15)10(8)14)12(17)9-3-1-2-6-16-9/h4-5,9,16H,1-3,6H2. The Hall–Kier alpha value is -0.450. The molecule has 1 heterocycles. The van der Waals surface area contributed by atoms with Gasteiger partial charge in [-0.1, -0.05) is 18.0 Å². The SMILES string of the molecule is O=C(c1ccc(Br)c(Cl)c1F)C1CCCCN1. The van der Waals surface area contributed by atoms with Crippen LogP contribution in [-0.2, 0) is 0 Å². The van der Waals surface area contributed by atoms with E-state index in [2.05, 4.69) is 21.2 Å². The van der Waals surface area contributed by atoms with E-state index in [1.165, 1.54) is 6.07 Å². The molecule has 0 saturated carbocycles. The number of carbonyl (C=O) groups excluding carboxylic acids is 1. The molecule has 1 aliphatic heterocycles. The first kappa shape index (κ1) is 13.0. The molecule has 1 unspecified atom stereocenters. The molecular formula is C12H12BrClFNO. The Bertz CT molecular complexity index is 446. The zero-order chi connectivity index (χ0) is 12.4. The highest BCUT2D eigenvalue weighted by atomic mass is 79.9. The first-order valence-electron chi connectivity index (χ1n) is 5.52. The monoisotopic (exact) mass is 319 g/mol. The van der Waals surface area contributed by atoms with Crippen molar-refractivity contribution in [3.63, 3.8) is 0 Å². The third-order valence-corrected chi connectivity index (χ3v) is 4.19. The van der Waals surface area contributed by atoms with Crippen LogP contribution in [0, 0.1) is 5.82 Å². The van der Waals surface area contributed by atoms with Crippen LogP contribution in [0.25, 0.3) is 0 Å². The number of hydrogen-bond donors (Lipinski definition) is 1. The van der Waals surface area contributed by atoms with E-state index in [9.17, 15) is 9.18 Å². The highest BCUT2D eigenvalue weighted by Crippen LogP contribution is 2.28. The zero-order valence-electron chi connectivity index (χ0n) is 9.10. The molecule has 0 bridgehead atoms. The van der Waals surface area contributed by atoms with E-state index in [0.717, 1.165) is 25.8 Å². The molecule has 1 fully saturated rings. The second-order valence-corrected chi connectivity index (χ2v) is 5.32. The van der Waals surface area contributed by atoms with Crippen molar-refractivity contribution in [3.8, 4) is 0 Å². The normalized spacial score (nSPS) is 20.3. The van der Waals surface area contributed by atoms with Crippen LogP contribution in [0.4, 0.5) is 4.39 Å². The highest BCUT2D eigenvalue weighted by molar-refractivity contribution is 9.10. The highest BCUT2D eigenvalue weighted by Gasteiger charge is 2.25. The maximum atomic E-state index is 13.9. The molecule has 17 heavy (non-hydrogen) atoms. The van der Waals surface area contributed by atoms with Gasteiger partial charge in [-0.3, -0.25) is 4.79 Å². The van der Waals surface area contributed by atoms with Crippen LogP contribution in [0.3, 0.4) is 0 Å². The molecule has 0 aliphatic carbocycles. The van der Waals surface area contributed by atoms with Crippen LogP contribution in [0.15, 0.2) is 16.6 Å². The third-order valence-electron chi connectivity index (χ3n) is 2.93. The summed E-state index contributed by atoms with van der Waals surface area (Å²) in [5.74, 6) is -0.852. The van der Waals surface area contributed by atoms with E-state index in [1.54, 1.807) is 6.07 Å². The smallest absolute Gasteiger partial charge is 0.182 e. The minimum absolute atomic E-state index is 0.0355. The van der Waals surface area contributed by atoms with E-state index in [4.69, 9.17) is 11.6 Å². The maximum Gasteiger partial charge on any atom is 0.182 e. The average Bonchev–Trinajstić information content (AvgIpc) is 2.36. The quantitative estimate of drug-likeness (QED) is 0.667. The molecule has 1 atom stereocenters. The fourth-order valence-corrected chi connectivity index (χ4v) is 2.45. The van der Waals surface area contributed by atoms with Gasteiger partial charge in [0, 0.05) is 4.47 Å². The van der Waals surface area contributed by atoms with Crippen molar-refractivity contribution < 1.29 is 9.18 Å². The molecule has 1 saturated heterocycles. The predicted molar refractivity (Wildman–Crippen MR) is 69.1 cm³/mol. The van der Waals surface area contributed by atoms with E-state index >= 15 is 0 Å². The van der Waals surface area contributed by atoms with Crippen LogP contribution in [-0.4, -0.2) is 18.4 Å². The number of rotatable bonds is 2. The summed E-state index contributed by atoms with van der Waals surface area (Å²) in [6, 6.07) is 2.79. The summed E-state index contributed by atoms with van der Waals surface area (Å²) in [5, 5.41) is 3.07. The van der Waals surface area contributed by atoms with Gasteiger partial charge in [0.2, 0.25) is 0 Å². The molecule has 2 rings (SSSR count). The molecule has 0 amide bonds. The molecular weight excluding hydrogens is 308 g/mol. The minimum atomic E-state index is -0.640. The van der Waals surface area contributed by atoms with E-state index in [0.29, 0.717) is 4.47 Å². The van der Waals surface area contributed by atoms with Gasteiger partial charge in [-0.2, -0.15) is 0 Å². The molecule has 1 N–H and O–H groups in total. The molecule has 2 nitrogen and oxygen atoms in total. The van der Waals surface area contributed by atoms with Crippen molar-refractivity contribution in [1.82, 2.24) is 5.32 Å². The number of nitrogens with one attached hydrogen (secondary N) is 1.